The largest absolute Gasteiger partial charge is 0.497 e. The van der Waals surface area contributed by atoms with Gasteiger partial charge in [-0.2, -0.15) is 5.10 Å². The molecule has 25 heavy (non-hydrogen) atoms. The van der Waals surface area contributed by atoms with Crippen molar-refractivity contribution in [2.45, 2.75) is 57.4 Å². The van der Waals surface area contributed by atoms with E-state index in [4.69, 9.17) is 4.74 Å². The third-order valence-corrected chi connectivity index (χ3v) is 4.27. The number of carbonyl (C=O) groups is 2. The van der Waals surface area contributed by atoms with E-state index in [1.54, 1.807) is 13.3 Å². The molecule has 1 aliphatic carbocycles. The van der Waals surface area contributed by atoms with Gasteiger partial charge in [0.15, 0.2) is 0 Å². The summed E-state index contributed by atoms with van der Waals surface area (Å²) in [4.78, 5) is 23.6. The molecule has 6 nitrogen and oxygen atoms in total. The van der Waals surface area contributed by atoms with Crippen molar-refractivity contribution in [1.29, 1.82) is 0 Å². The molecular formula is C19H27N3O3. The highest BCUT2D eigenvalue weighted by Gasteiger charge is 2.15. The molecule has 1 fully saturated rings. The predicted molar refractivity (Wildman–Crippen MR) is 97.6 cm³/mol. The van der Waals surface area contributed by atoms with Crippen LogP contribution >= 0.6 is 0 Å². The Kier molecular flexibility index (Phi) is 7.95. The van der Waals surface area contributed by atoms with Gasteiger partial charge in [-0.05, 0) is 37.0 Å². The number of hydrazone groups is 1. The van der Waals surface area contributed by atoms with Crippen molar-refractivity contribution in [1.82, 2.24) is 10.7 Å². The van der Waals surface area contributed by atoms with E-state index in [1.807, 2.05) is 24.3 Å². The number of hydrogen-bond acceptors (Lipinski definition) is 4. The number of methoxy groups -OCH3 is 1. The van der Waals surface area contributed by atoms with Gasteiger partial charge in [-0.15, -0.1) is 0 Å². The maximum atomic E-state index is 11.9. The van der Waals surface area contributed by atoms with Gasteiger partial charge in [0.25, 0.3) is 0 Å². The molecule has 2 rings (SSSR count). The third kappa shape index (κ3) is 7.37. The highest BCUT2D eigenvalue weighted by Crippen LogP contribution is 2.17. The summed E-state index contributed by atoms with van der Waals surface area (Å²) in [6.45, 7) is 0. The van der Waals surface area contributed by atoms with Crippen LogP contribution < -0.4 is 15.5 Å². The van der Waals surface area contributed by atoms with E-state index < -0.39 is 0 Å². The summed E-state index contributed by atoms with van der Waals surface area (Å²) in [5.74, 6) is 0.587. The number of benzene rings is 1. The topological polar surface area (TPSA) is 79.8 Å². The molecule has 0 radical (unpaired) electrons. The Bertz CT molecular complexity index is 595. The molecule has 6 heteroatoms. The summed E-state index contributed by atoms with van der Waals surface area (Å²) in [5, 5.41) is 6.98. The van der Waals surface area contributed by atoms with E-state index in [9.17, 15) is 9.59 Å². The number of rotatable bonds is 8. The maximum absolute atomic E-state index is 11.9. The van der Waals surface area contributed by atoms with Gasteiger partial charge in [0.2, 0.25) is 11.8 Å². The zero-order valence-electron chi connectivity index (χ0n) is 14.8. The first-order valence-corrected chi connectivity index (χ1v) is 8.92. The zero-order chi connectivity index (χ0) is 17.9. The number of ether oxygens (including phenoxy) is 1. The van der Waals surface area contributed by atoms with Crippen LogP contribution in [0.3, 0.4) is 0 Å². The van der Waals surface area contributed by atoms with Crippen LogP contribution in [0, 0.1) is 0 Å². The van der Waals surface area contributed by atoms with Gasteiger partial charge in [-0.3, -0.25) is 9.59 Å². The third-order valence-electron chi connectivity index (χ3n) is 4.27. The Balaban J connectivity index is 1.61. The van der Waals surface area contributed by atoms with E-state index >= 15 is 0 Å². The minimum absolute atomic E-state index is 0.0413. The summed E-state index contributed by atoms with van der Waals surface area (Å²) < 4.78 is 5.13. The highest BCUT2D eigenvalue weighted by atomic mass is 16.5. The highest BCUT2D eigenvalue weighted by molar-refractivity contribution is 5.83. The Morgan fingerprint density at radius 3 is 2.72 bits per heavy atom. The summed E-state index contributed by atoms with van der Waals surface area (Å²) in [6.07, 6.45) is 8.56. The quantitative estimate of drug-likeness (QED) is 0.562. The monoisotopic (exact) mass is 345 g/mol. The van der Waals surface area contributed by atoms with Crippen molar-refractivity contribution in [2.75, 3.05) is 7.11 Å². The summed E-state index contributed by atoms with van der Waals surface area (Å²) >= 11 is 0. The summed E-state index contributed by atoms with van der Waals surface area (Å²) in [5.41, 5.74) is 3.32. The summed E-state index contributed by atoms with van der Waals surface area (Å²) in [6, 6.07) is 7.71. The van der Waals surface area contributed by atoms with Crippen LogP contribution in [-0.2, 0) is 9.59 Å². The molecule has 1 aromatic rings. The minimum Gasteiger partial charge on any atom is -0.497 e. The maximum Gasteiger partial charge on any atom is 0.240 e. The lowest BCUT2D eigenvalue weighted by Crippen LogP contribution is -2.36. The first-order valence-electron chi connectivity index (χ1n) is 8.92. The van der Waals surface area contributed by atoms with Crippen molar-refractivity contribution in [3.8, 4) is 5.75 Å². The number of carbonyl (C=O) groups excluding carboxylic acids is 2. The van der Waals surface area contributed by atoms with Gasteiger partial charge in [-0.1, -0.05) is 31.4 Å². The second kappa shape index (κ2) is 10.5. The molecular weight excluding hydrogens is 318 g/mol. The van der Waals surface area contributed by atoms with Gasteiger partial charge in [0.1, 0.15) is 5.75 Å². The molecule has 0 aliphatic heterocycles. The number of nitrogens with one attached hydrogen (secondary N) is 2. The molecule has 2 N–H and O–H groups in total. The predicted octanol–water partition coefficient (Wildman–Crippen LogP) is 2.76. The van der Waals surface area contributed by atoms with Gasteiger partial charge < -0.3 is 10.1 Å². The molecule has 1 aliphatic rings. The minimum atomic E-state index is -0.190. The fourth-order valence-corrected chi connectivity index (χ4v) is 2.91. The molecule has 0 spiro atoms. The second-order valence-corrected chi connectivity index (χ2v) is 6.33. The normalized spacial score (nSPS) is 15.1. The van der Waals surface area contributed by atoms with E-state index in [0.29, 0.717) is 18.9 Å². The Labute approximate surface area is 149 Å². The molecule has 136 valence electrons. The number of amides is 2. The van der Waals surface area contributed by atoms with Crippen LogP contribution in [0.4, 0.5) is 0 Å². The lowest BCUT2D eigenvalue weighted by molar-refractivity contribution is -0.123. The smallest absolute Gasteiger partial charge is 0.240 e. The van der Waals surface area contributed by atoms with Crippen molar-refractivity contribution in [2.24, 2.45) is 5.10 Å². The fourth-order valence-electron chi connectivity index (χ4n) is 2.91. The molecule has 0 aromatic heterocycles. The van der Waals surface area contributed by atoms with Gasteiger partial charge >= 0.3 is 0 Å². The van der Waals surface area contributed by atoms with Crippen molar-refractivity contribution in [3.63, 3.8) is 0 Å². The van der Waals surface area contributed by atoms with Crippen LogP contribution in [-0.4, -0.2) is 31.2 Å². The van der Waals surface area contributed by atoms with Crippen LogP contribution in [0.2, 0.25) is 0 Å². The van der Waals surface area contributed by atoms with Crippen molar-refractivity contribution < 1.29 is 14.3 Å². The zero-order valence-corrected chi connectivity index (χ0v) is 14.8. The first kappa shape index (κ1) is 19.0. The molecule has 0 saturated heterocycles. The lowest BCUT2D eigenvalue weighted by Gasteiger charge is -2.22. The Morgan fingerprint density at radius 1 is 1.20 bits per heavy atom. The first-order chi connectivity index (χ1) is 12.2. The second-order valence-electron chi connectivity index (χ2n) is 6.33. The average molecular weight is 345 g/mol. The van der Waals surface area contributed by atoms with E-state index in [1.165, 1.54) is 19.3 Å². The number of nitrogens with zero attached hydrogens (tertiary/aromatic N) is 1. The lowest BCUT2D eigenvalue weighted by atomic mass is 9.95. The van der Waals surface area contributed by atoms with Crippen LogP contribution in [0.5, 0.6) is 5.75 Å². The Hall–Kier alpha value is -2.37. The van der Waals surface area contributed by atoms with Gasteiger partial charge in [0, 0.05) is 18.9 Å². The molecule has 1 aromatic carbocycles. The van der Waals surface area contributed by atoms with Crippen LogP contribution in [0.25, 0.3) is 0 Å². The van der Waals surface area contributed by atoms with Crippen LogP contribution in [0.1, 0.15) is 56.9 Å². The molecule has 0 unspecified atom stereocenters. The molecule has 2 amide bonds. The van der Waals surface area contributed by atoms with Gasteiger partial charge in [-0.25, -0.2) is 5.43 Å². The molecule has 0 bridgehead atoms. The molecule has 0 heterocycles. The van der Waals surface area contributed by atoms with E-state index in [2.05, 4.69) is 15.8 Å². The summed E-state index contributed by atoms with van der Waals surface area (Å²) in [7, 11) is 1.60. The average Bonchev–Trinajstić information content (AvgIpc) is 2.63. The van der Waals surface area contributed by atoms with E-state index in [-0.39, 0.29) is 18.2 Å². The van der Waals surface area contributed by atoms with E-state index in [0.717, 1.165) is 24.2 Å². The van der Waals surface area contributed by atoms with Crippen molar-refractivity contribution >= 4 is 18.0 Å². The number of hydrogen-bond donors (Lipinski definition) is 2. The SMILES string of the molecule is COc1cccc(C=NNC(=O)CCCC(=O)NC2CCCCC2)c1. The van der Waals surface area contributed by atoms with Gasteiger partial charge in [0.05, 0.1) is 13.3 Å². The molecule has 0 atom stereocenters. The Morgan fingerprint density at radius 2 is 1.96 bits per heavy atom. The molecule has 1 saturated carbocycles. The fraction of sp³-hybridized carbons (Fsp3) is 0.526. The van der Waals surface area contributed by atoms with Crippen LogP contribution in [0.15, 0.2) is 29.4 Å². The van der Waals surface area contributed by atoms with Crippen molar-refractivity contribution in [3.05, 3.63) is 29.8 Å². The standard InChI is InChI=1S/C19H27N3O3/c1-25-17-10-5-7-15(13-17)14-20-22-19(24)12-6-11-18(23)21-16-8-3-2-4-9-16/h5,7,10,13-14,16H,2-4,6,8-9,11-12H2,1H3,(H,21,23)(H,22,24).